The Hall–Kier alpha value is -0.150. The molecule has 9 heavy (non-hydrogen) atoms. The van der Waals surface area contributed by atoms with E-state index in [0.29, 0.717) is 11.3 Å². The summed E-state index contributed by atoms with van der Waals surface area (Å²) in [5.41, 5.74) is 0. The molecule has 0 saturated heterocycles. The van der Waals surface area contributed by atoms with E-state index in [1.807, 2.05) is 0 Å². The maximum absolute atomic E-state index is 6.74. The average molecular weight is 142 g/mol. The first-order chi connectivity index (χ1) is 4.33. The van der Waals surface area contributed by atoms with Gasteiger partial charge < -0.3 is 0 Å². The molecule has 0 amide bonds. The molecule has 2 unspecified atom stereocenters. The number of rotatable bonds is 1. The molecule has 0 bridgehead atoms. The smallest absolute Gasteiger partial charge is 0.0339 e. The molecule has 1 radical (unpaired) electrons. The van der Waals surface area contributed by atoms with Crippen LogP contribution in [-0.4, -0.2) is 5.38 Å². The van der Waals surface area contributed by atoms with Crippen molar-refractivity contribution in [2.24, 2.45) is 5.92 Å². The zero-order chi connectivity index (χ0) is 6.69. The van der Waals surface area contributed by atoms with Crippen molar-refractivity contribution in [1.82, 2.24) is 0 Å². The van der Waals surface area contributed by atoms with Crippen LogP contribution >= 0.6 is 11.6 Å². The molecule has 0 spiro atoms. The third-order valence-corrected chi connectivity index (χ3v) is 2.26. The lowest BCUT2D eigenvalue weighted by molar-refractivity contribution is 0.567. The van der Waals surface area contributed by atoms with Crippen LogP contribution in [0, 0.1) is 18.3 Å². The second kappa shape index (κ2) is 3.13. The fourth-order valence-electron chi connectivity index (χ4n) is 1.34. The molecule has 1 saturated carbocycles. The Balaban J connectivity index is 2.24. The first-order valence-electron chi connectivity index (χ1n) is 3.36. The molecule has 1 fully saturated rings. The van der Waals surface area contributed by atoms with Crippen LogP contribution in [0.3, 0.4) is 0 Å². The summed E-state index contributed by atoms with van der Waals surface area (Å²) >= 11 is 5.85. The van der Waals surface area contributed by atoms with Crippen molar-refractivity contribution in [2.75, 3.05) is 0 Å². The van der Waals surface area contributed by atoms with E-state index in [4.69, 9.17) is 18.0 Å². The Labute approximate surface area is 61.6 Å². The summed E-state index contributed by atoms with van der Waals surface area (Å²) in [6.45, 7) is 0. The zero-order valence-electron chi connectivity index (χ0n) is 5.36. The maximum atomic E-state index is 6.74. The lowest BCUT2D eigenvalue weighted by atomic mass is 10.1. The lowest BCUT2D eigenvalue weighted by Gasteiger charge is -2.00. The van der Waals surface area contributed by atoms with Crippen molar-refractivity contribution >= 4 is 11.6 Å². The van der Waals surface area contributed by atoms with E-state index in [2.05, 4.69) is 5.92 Å². The summed E-state index contributed by atoms with van der Waals surface area (Å²) in [6, 6.07) is 0. The summed E-state index contributed by atoms with van der Waals surface area (Å²) in [6.07, 6.45) is 11.0. The van der Waals surface area contributed by atoms with E-state index >= 15 is 0 Å². The third kappa shape index (κ3) is 1.91. The molecule has 1 aliphatic carbocycles. The topological polar surface area (TPSA) is 0 Å². The molecule has 0 aromatic carbocycles. The molecule has 1 aliphatic rings. The first-order valence-corrected chi connectivity index (χ1v) is 3.80. The van der Waals surface area contributed by atoms with Crippen LogP contribution in [0.25, 0.3) is 0 Å². The predicted molar refractivity (Wildman–Crippen MR) is 38.7 cm³/mol. The number of halogens is 1. The molecule has 0 heterocycles. The number of hydrogen-bond acceptors (Lipinski definition) is 0. The predicted octanol–water partition coefficient (Wildman–Crippen LogP) is 2.37. The van der Waals surface area contributed by atoms with Gasteiger partial charge in [0.2, 0.25) is 0 Å². The van der Waals surface area contributed by atoms with Gasteiger partial charge in [-0.25, -0.2) is 0 Å². The van der Waals surface area contributed by atoms with Gasteiger partial charge in [-0.1, -0.05) is 5.92 Å². The van der Waals surface area contributed by atoms with Crippen LogP contribution in [0.15, 0.2) is 0 Å². The Morgan fingerprint density at radius 2 is 2.33 bits per heavy atom. The van der Waals surface area contributed by atoms with Crippen LogP contribution < -0.4 is 0 Å². The summed E-state index contributed by atoms with van der Waals surface area (Å²) in [4.78, 5) is 0. The van der Waals surface area contributed by atoms with Gasteiger partial charge in [0.15, 0.2) is 0 Å². The molecule has 0 N–H and O–H groups in total. The molecule has 0 aliphatic heterocycles. The van der Waals surface area contributed by atoms with Crippen molar-refractivity contribution in [2.45, 2.75) is 31.1 Å². The highest BCUT2D eigenvalue weighted by Gasteiger charge is 2.21. The fourth-order valence-corrected chi connectivity index (χ4v) is 1.72. The molecule has 1 heteroatoms. The van der Waals surface area contributed by atoms with Gasteiger partial charge >= 0.3 is 0 Å². The molecule has 0 aromatic heterocycles. The third-order valence-electron chi connectivity index (χ3n) is 1.87. The van der Waals surface area contributed by atoms with Crippen molar-refractivity contribution in [1.29, 1.82) is 0 Å². The van der Waals surface area contributed by atoms with Crippen molar-refractivity contribution < 1.29 is 0 Å². The highest BCUT2D eigenvalue weighted by molar-refractivity contribution is 6.20. The molecule has 1 rings (SSSR count). The molecule has 0 aromatic rings. The molecular formula is C8H10Cl. The first kappa shape index (κ1) is 6.96. The molecule has 2 atom stereocenters. The van der Waals surface area contributed by atoms with Crippen LogP contribution in [-0.2, 0) is 0 Å². The van der Waals surface area contributed by atoms with Gasteiger partial charge in [-0.3, -0.25) is 0 Å². The van der Waals surface area contributed by atoms with Gasteiger partial charge in [-0.15, -0.1) is 11.6 Å². The van der Waals surface area contributed by atoms with Crippen LogP contribution in [0.2, 0.25) is 0 Å². The van der Waals surface area contributed by atoms with E-state index in [-0.39, 0.29) is 0 Å². The summed E-state index contributed by atoms with van der Waals surface area (Å²) < 4.78 is 0. The Morgan fingerprint density at radius 1 is 1.56 bits per heavy atom. The number of hydrogen-bond donors (Lipinski definition) is 0. The fraction of sp³-hybridized carbons (Fsp3) is 0.750. The van der Waals surface area contributed by atoms with Crippen molar-refractivity contribution in [3.63, 3.8) is 0 Å². The van der Waals surface area contributed by atoms with Gasteiger partial charge in [0, 0.05) is 11.8 Å². The van der Waals surface area contributed by atoms with Crippen molar-refractivity contribution in [3.05, 3.63) is 6.42 Å². The minimum absolute atomic E-state index is 0.378. The van der Waals surface area contributed by atoms with E-state index in [1.54, 1.807) is 0 Å². The Bertz CT molecular complexity index is 123. The quantitative estimate of drug-likeness (QED) is 0.389. The monoisotopic (exact) mass is 141 g/mol. The second-order valence-corrected chi connectivity index (χ2v) is 3.27. The normalized spacial score (nSPS) is 34.2. The second-order valence-electron chi connectivity index (χ2n) is 2.66. The zero-order valence-corrected chi connectivity index (χ0v) is 6.12. The van der Waals surface area contributed by atoms with Gasteiger partial charge in [0.25, 0.3) is 0 Å². The van der Waals surface area contributed by atoms with Crippen molar-refractivity contribution in [3.8, 4) is 5.92 Å². The van der Waals surface area contributed by atoms with E-state index in [1.165, 1.54) is 6.42 Å². The summed E-state index contributed by atoms with van der Waals surface area (Å²) in [5, 5.41) is 0.378. The summed E-state index contributed by atoms with van der Waals surface area (Å²) in [7, 11) is 0. The Kier molecular flexibility index (Phi) is 2.42. The SMILES string of the molecule is [C]#CCC1CCC(Cl)C1. The largest absolute Gasteiger partial charge is 0.123 e. The molecular weight excluding hydrogens is 132 g/mol. The number of alkyl halides is 1. The van der Waals surface area contributed by atoms with Gasteiger partial charge in [-0.05, 0) is 31.6 Å². The lowest BCUT2D eigenvalue weighted by Crippen LogP contribution is -1.92. The van der Waals surface area contributed by atoms with Crippen LogP contribution in [0.1, 0.15) is 25.7 Å². The Morgan fingerprint density at radius 3 is 2.78 bits per heavy atom. The van der Waals surface area contributed by atoms with E-state index < -0.39 is 0 Å². The molecule has 0 nitrogen and oxygen atoms in total. The van der Waals surface area contributed by atoms with Crippen LogP contribution in [0.4, 0.5) is 0 Å². The summed E-state index contributed by atoms with van der Waals surface area (Å²) in [5.74, 6) is 3.08. The van der Waals surface area contributed by atoms with Gasteiger partial charge in [-0.2, -0.15) is 0 Å². The van der Waals surface area contributed by atoms with E-state index in [0.717, 1.165) is 19.3 Å². The van der Waals surface area contributed by atoms with Crippen LogP contribution in [0.5, 0.6) is 0 Å². The van der Waals surface area contributed by atoms with Gasteiger partial charge in [0.05, 0.1) is 0 Å². The molecule has 49 valence electrons. The highest BCUT2D eigenvalue weighted by Crippen LogP contribution is 2.30. The maximum Gasteiger partial charge on any atom is 0.0339 e. The minimum Gasteiger partial charge on any atom is -0.123 e. The highest BCUT2D eigenvalue weighted by atomic mass is 35.5. The van der Waals surface area contributed by atoms with E-state index in [9.17, 15) is 0 Å². The standard InChI is InChI=1S/C8H10Cl/c1-2-3-7-4-5-8(9)6-7/h7-8H,3-6H2. The average Bonchev–Trinajstić information content (AvgIpc) is 2.17. The van der Waals surface area contributed by atoms with Gasteiger partial charge in [0.1, 0.15) is 0 Å². The minimum atomic E-state index is 0.378.